The van der Waals surface area contributed by atoms with E-state index in [0.717, 1.165) is 13.0 Å². The first-order chi connectivity index (χ1) is 14.5. The highest BCUT2D eigenvalue weighted by Crippen LogP contribution is 2.41. The highest BCUT2D eigenvalue weighted by Gasteiger charge is 2.34. The van der Waals surface area contributed by atoms with Crippen LogP contribution in [0.25, 0.3) is 5.57 Å². The van der Waals surface area contributed by atoms with Crippen molar-refractivity contribution in [2.75, 3.05) is 7.11 Å². The van der Waals surface area contributed by atoms with E-state index in [9.17, 15) is 33.8 Å². The summed E-state index contributed by atoms with van der Waals surface area (Å²) < 4.78 is 16.8. The smallest absolute Gasteiger partial charge is 0.347 e. The van der Waals surface area contributed by atoms with Gasteiger partial charge in [0.1, 0.15) is 17.3 Å². The first-order valence-electron chi connectivity index (χ1n) is 9.13. The molecule has 10 heteroatoms. The van der Waals surface area contributed by atoms with Gasteiger partial charge in [0.05, 0.1) is 18.2 Å². The number of carbonyl (C=O) groups excluding carboxylic acids is 3. The first kappa shape index (κ1) is 22.4. The van der Waals surface area contributed by atoms with Crippen LogP contribution < -0.4 is 10.1 Å². The Morgan fingerprint density at radius 3 is 2.45 bits per heavy atom. The minimum absolute atomic E-state index is 0.0101. The summed E-state index contributed by atoms with van der Waals surface area (Å²) in [5.74, 6) is -3.77. The van der Waals surface area contributed by atoms with Crippen LogP contribution in [-0.4, -0.2) is 45.3 Å². The molecule has 1 amide bonds. The standard InChI is InChI=1S/C21H20NO8P/c1-10-7-14(21(26)22-11(2)31(27,28)29)18(17(8-10)30-3)13-9-16(24)19-12(20(13)25)5-4-6-15(19)23/h4-9,11,23H,1-3H3,(H,22,26)(H2,27,28,29). The van der Waals surface area contributed by atoms with Crippen LogP contribution in [0.5, 0.6) is 11.5 Å². The number of benzene rings is 2. The molecule has 31 heavy (non-hydrogen) atoms. The number of Topliss-reactive ketones (excluding diaryl/α,β-unsaturated/α-hetero) is 1. The molecule has 0 fully saturated rings. The maximum atomic E-state index is 13.2. The predicted molar refractivity (Wildman–Crippen MR) is 111 cm³/mol. The van der Waals surface area contributed by atoms with E-state index in [-0.39, 0.29) is 39.3 Å². The Labute approximate surface area is 177 Å². The van der Waals surface area contributed by atoms with Crippen molar-refractivity contribution in [3.8, 4) is 11.5 Å². The number of allylic oxidation sites excluding steroid dienone is 2. The molecule has 2 aromatic carbocycles. The zero-order chi connectivity index (χ0) is 23.1. The SMILES string of the molecule is COc1cc(C)cc(C(=O)NC(C)P(=O)(O)O)c1C1=CC(=O)c2c(O)cccc2C1=O. The van der Waals surface area contributed by atoms with Gasteiger partial charge in [-0.3, -0.25) is 18.9 Å². The predicted octanol–water partition coefficient (Wildman–Crippen LogP) is 2.43. The summed E-state index contributed by atoms with van der Waals surface area (Å²) in [5.41, 5.74) is 0.212. The van der Waals surface area contributed by atoms with Crippen LogP contribution in [0.2, 0.25) is 0 Å². The van der Waals surface area contributed by atoms with Crippen LogP contribution in [0, 0.1) is 6.92 Å². The van der Waals surface area contributed by atoms with Gasteiger partial charge in [0.2, 0.25) is 0 Å². The number of phenolic OH excluding ortho intramolecular Hbond substituents is 1. The van der Waals surface area contributed by atoms with Crippen LogP contribution in [-0.2, 0) is 4.57 Å². The third-order valence-electron chi connectivity index (χ3n) is 4.88. The topological polar surface area (TPSA) is 150 Å². The Balaban J connectivity index is 2.20. The number of nitrogens with one attached hydrogen (secondary N) is 1. The zero-order valence-corrected chi connectivity index (χ0v) is 17.8. The molecule has 3 rings (SSSR count). The minimum Gasteiger partial charge on any atom is -0.507 e. The van der Waals surface area contributed by atoms with E-state index in [1.165, 1.54) is 31.4 Å². The Bertz CT molecular complexity index is 1190. The van der Waals surface area contributed by atoms with Gasteiger partial charge in [0.25, 0.3) is 5.91 Å². The molecule has 1 aliphatic carbocycles. The number of fused-ring (bicyclic) bond motifs is 1. The number of ether oxygens (including phenoxy) is 1. The number of hydrogen-bond donors (Lipinski definition) is 4. The highest BCUT2D eigenvalue weighted by atomic mass is 31.2. The van der Waals surface area contributed by atoms with Gasteiger partial charge >= 0.3 is 7.60 Å². The lowest BCUT2D eigenvalue weighted by Crippen LogP contribution is -2.33. The van der Waals surface area contributed by atoms with Gasteiger partial charge in [0, 0.05) is 16.7 Å². The lowest BCUT2D eigenvalue weighted by Gasteiger charge is -2.22. The molecule has 9 nitrogen and oxygen atoms in total. The van der Waals surface area contributed by atoms with Gasteiger partial charge in [-0.1, -0.05) is 12.1 Å². The summed E-state index contributed by atoms with van der Waals surface area (Å²) in [6.45, 7) is 2.82. The first-order valence-corrected chi connectivity index (χ1v) is 10.8. The van der Waals surface area contributed by atoms with Crippen LogP contribution in [0.1, 0.15) is 49.1 Å². The third kappa shape index (κ3) is 4.16. The molecule has 0 saturated carbocycles. The number of amides is 1. The third-order valence-corrected chi connectivity index (χ3v) is 6.02. The highest BCUT2D eigenvalue weighted by molar-refractivity contribution is 7.52. The fourth-order valence-electron chi connectivity index (χ4n) is 3.31. The van der Waals surface area contributed by atoms with Crippen molar-refractivity contribution in [2.45, 2.75) is 19.6 Å². The molecule has 0 heterocycles. The normalized spacial score (nSPS) is 14.5. The van der Waals surface area contributed by atoms with E-state index < -0.39 is 30.9 Å². The number of aryl methyl sites for hydroxylation is 1. The maximum Gasteiger partial charge on any atom is 0.347 e. The molecule has 2 aromatic rings. The number of aromatic hydroxyl groups is 1. The van der Waals surface area contributed by atoms with Gasteiger partial charge in [-0.25, -0.2) is 0 Å². The lowest BCUT2D eigenvalue weighted by atomic mass is 9.83. The number of carbonyl (C=O) groups is 3. The lowest BCUT2D eigenvalue weighted by molar-refractivity contribution is 0.0944. The van der Waals surface area contributed by atoms with Crippen LogP contribution in [0.3, 0.4) is 0 Å². The van der Waals surface area contributed by atoms with Gasteiger partial charge in [-0.2, -0.15) is 0 Å². The average Bonchev–Trinajstić information content (AvgIpc) is 2.69. The minimum atomic E-state index is -4.61. The summed E-state index contributed by atoms with van der Waals surface area (Å²) in [6, 6.07) is 7.09. The van der Waals surface area contributed by atoms with Gasteiger partial charge in [-0.15, -0.1) is 0 Å². The van der Waals surface area contributed by atoms with E-state index in [1.807, 2.05) is 0 Å². The quantitative estimate of drug-likeness (QED) is 0.513. The van der Waals surface area contributed by atoms with E-state index in [0.29, 0.717) is 5.56 Å². The molecule has 162 valence electrons. The Hall–Kier alpha value is -3.26. The molecule has 4 N–H and O–H groups in total. The van der Waals surface area contributed by atoms with Crippen LogP contribution in [0.4, 0.5) is 0 Å². The van der Waals surface area contributed by atoms with Gasteiger partial charge in [-0.05, 0) is 43.7 Å². The second-order valence-electron chi connectivity index (χ2n) is 7.08. The molecule has 0 aromatic heterocycles. The van der Waals surface area contributed by atoms with E-state index in [1.54, 1.807) is 13.0 Å². The largest absolute Gasteiger partial charge is 0.507 e. The molecule has 0 saturated heterocycles. The number of methoxy groups -OCH3 is 1. The molecule has 1 unspecified atom stereocenters. The van der Waals surface area contributed by atoms with Crippen molar-refractivity contribution in [1.82, 2.24) is 5.32 Å². The Morgan fingerprint density at radius 1 is 1.16 bits per heavy atom. The van der Waals surface area contributed by atoms with Crippen molar-refractivity contribution in [2.24, 2.45) is 0 Å². The summed E-state index contributed by atoms with van der Waals surface area (Å²) in [5, 5.41) is 12.2. The number of hydrogen-bond acceptors (Lipinski definition) is 6. The van der Waals surface area contributed by atoms with E-state index >= 15 is 0 Å². The fourth-order valence-corrected chi connectivity index (χ4v) is 3.60. The monoisotopic (exact) mass is 445 g/mol. The maximum absolute atomic E-state index is 13.2. The molecule has 1 atom stereocenters. The summed E-state index contributed by atoms with van der Waals surface area (Å²) in [6.07, 6.45) is 1.01. The molecular formula is C21H20NO8P. The molecular weight excluding hydrogens is 425 g/mol. The van der Waals surface area contributed by atoms with Crippen LogP contribution >= 0.6 is 7.60 Å². The van der Waals surface area contributed by atoms with Crippen molar-refractivity contribution in [3.63, 3.8) is 0 Å². The zero-order valence-electron chi connectivity index (χ0n) is 16.9. The number of phenols is 1. The fraction of sp³-hybridized carbons (Fsp3) is 0.190. The second-order valence-corrected chi connectivity index (χ2v) is 9.03. The van der Waals surface area contributed by atoms with Crippen molar-refractivity contribution < 1.29 is 38.6 Å². The molecule has 0 spiro atoms. The van der Waals surface area contributed by atoms with Crippen molar-refractivity contribution in [1.29, 1.82) is 0 Å². The second kappa shape index (κ2) is 8.11. The molecule has 0 radical (unpaired) electrons. The molecule has 1 aliphatic rings. The number of rotatable bonds is 5. The van der Waals surface area contributed by atoms with Crippen molar-refractivity contribution in [3.05, 3.63) is 64.2 Å². The van der Waals surface area contributed by atoms with Gasteiger partial charge < -0.3 is 24.9 Å². The van der Waals surface area contributed by atoms with E-state index in [4.69, 9.17) is 4.74 Å². The summed E-state index contributed by atoms with van der Waals surface area (Å²) in [7, 11) is -3.28. The van der Waals surface area contributed by atoms with E-state index in [2.05, 4.69) is 5.32 Å². The average molecular weight is 445 g/mol. The number of ketones is 2. The summed E-state index contributed by atoms with van der Waals surface area (Å²) in [4.78, 5) is 57.4. The Kier molecular flexibility index (Phi) is 5.87. The Morgan fingerprint density at radius 2 is 1.84 bits per heavy atom. The van der Waals surface area contributed by atoms with Crippen molar-refractivity contribution >= 4 is 30.6 Å². The van der Waals surface area contributed by atoms with Gasteiger partial charge in [0.15, 0.2) is 11.6 Å². The molecule has 0 aliphatic heterocycles. The van der Waals surface area contributed by atoms with Crippen LogP contribution in [0.15, 0.2) is 36.4 Å². The molecule has 0 bridgehead atoms. The summed E-state index contributed by atoms with van der Waals surface area (Å²) >= 11 is 0.